The van der Waals surface area contributed by atoms with Gasteiger partial charge in [0, 0.05) is 24.9 Å². The minimum Gasteiger partial charge on any atom is -0.321 e. The zero-order valence-corrected chi connectivity index (χ0v) is 11.6. The predicted molar refractivity (Wildman–Crippen MR) is 73.1 cm³/mol. The van der Waals surface area contributed by atoms with Crippen molar-refractivity contribution >= 4 is 0 Å². The molecule has 2 rings (SSSR count). The quantitative estimate of drug-likeness (QED) is 0.912. The van der Waals surface area contributed by atoms with Crippen LogP contribution in [0.3, 0.4) is 0 Å². The third-order valence-electron chi connectivity index (χ3n) is 3.87. The highest BCUT2D eigenvalue weighted by Gasteiger charge is 2.42. The lowest BCUT2D eigenvalue weighted by atomic mass is 9.76. The largest absolute Gasteiger partial charge is 0.321 e. The molecule has 0 heterocycles. The summed E-state index contributed by atoms with van der Waals surface area (Å²) in [5, 5.41) is 0. The van der Waals surface area contributed by atoms with E-state index in [1.807, 2.05) is 32.3 Å². The minimum absolute atomic E-state index is 0.110. The fraction of sp³-hybridized carbons (Fsp3) is 0.600. The number of hydrogen-bond acceptors (Lipinski definition) is 2. The lowest BCUT2D eigenvalue weighted by molar-refractivity contribution is -0.0514. The van der Waals surface area contributed by atoms with Gasteiger partial charge in [-0.15, -0.1) is 0 Å². The van der Waals surface area contributed by atoms with E-state index in [1.165, 1.54) is 5.56 Å². The molecule has 0 aliphatic heterocycles. The fourth-order valence-electron chi connectivity index (χ4n) is 2.70. The lowest BCUT2D eigenvalue weighted by Crippen LogP contribution is -2.43. The molecule has 4 heteroatoms. The van der Waals surface area contributed by atoms with E-state index >= 15 is 0 Å². The molecule has 0 radical (unpaired) electrons. The van der Waals surface area contributed by atoms with Crippen molar-refractivity contribution in [2.24, 2.45) is 5.73 Å². The first kappa shape index (κ1) is 14.4. The summed E-state index contributed by atoms with van der Waals surface area (Å²) >= 11 is 0. The number of hydrogen-bond donors (Lipinski definition) is 1. The Morgan fingerprint density at radius 2 is 1.79 bits per heavy atom. The maximum atomic E-state index is 13.3. The van der Waals surface area contributed by atoms with E-state index in [0.717, 1.165) is 12.1 Å². The van der Waals surface area contributed by atoms with E-state index < -0.39 is 11.5 Å². The van der Waals surface area contributed by atoms with E-state index in [2.05, 4.69) is 11.0 Å². The maximum Gasteiger partial charge on any atom is 0.248 e. The summed E-state index contributed by atoms with van der Waals surface area (Å²) in [6, 6.07) is 8.03. The van der Waals surface area contributed by atoms with Gasteiger partial charge in [-0.05, 0) is 38.1 Å². The minimum atomic E-state index is -2.54. The first-order chi connectivity index (χ1) is 8.81. The van der Waals surface area contributed by atoms with Gasteiger partial charge in [0.2, 0.25) is 5.92 Å². The van der Waals surface area contributed by atoms with Crippen LogP contribution in [0.5, 0.6) is 0 Å². The molecule has 0 atom stereocenters. The summed E-state index contributed by atoms with van der Waals surface area (Å²) in [6.45, 7) is 0.833. The van der Waals surface area contributed by atoms with Crippen molar-refractivity contribution < 1.29 is 8.78 Å². The van der Waals surface area contributed by atoms with Crippen LogP contribution in [0.1, 0.15) is 36.8 Å². The third kappa shape index (κ3) is 3.51. The molecule has 1 aromatic carbocycles. The zero-order chi connectivity index (χ0) is 14.1. The fourth-order valence-corrected chi connectivity index (χ4v) is 2.70. The van der Waals surface area contributed by atoms with E-state index in [9.17, 15) is 8.78 Å². The molecule has 1 aliphatic carbocycles. The van der Waals surface area contributed by atoms with Crippen LogP contribution in [0.4, 0.5) is 8.78 Å². The molecule has 0 amide bonds. The summed E-state index contributed by atoms with van der Waals surface area (Å²) in [5.74, 6) is -2.54. The van der Waals surface area contributed by atoms with Crippen molar-refractivity contribution in [1.29, 1.82) is 0 Å². The number of benzene rings is 1. The van der Waals surface area contributed by atoms with Gasteiger partial charge in [-0.3, -0.25) is 0 Å². The van der Waals surface area contributed by atoms with Crippen LogP contribution in [0, 0.1) is 0 Å². The first-order valence-corrected chi connectivity index (χ1v) is 6.72. The lowest BCUT2D eigenvalue weighted by Gasteiger charge is -2.37. The van der Waals surface area contributed by atoms with Crippen molar-refractivity contribution in [3.05, 3.63) is 35.4 Å². The van der Waals surface area contributed by atoms with Gasteiger partial charge in [0.15, 0.2) is 0 Å². The van der Waals surface area contributed by atoms with Crippen molar-refractivity contribution in [3.8, 4) is 0 Å². The summed E-state index contributed by atoms with van der Waals surface area (Å²) < 4.78 is 26.5. The Morgan fingerprint density at radius 1 is 1.16 bits per heavy atom. The zero-order valence-electron chi connectivity index (χ0n) is 11.6. The van der Waals surface area contributed by atoms with Crippen LogP contribution < -0.4 is 5.73 Å². The molecule has 0 unspecified atom stereocenters. The monoisotopic (exact) mass is 268 g/mol. The van der Waals surface area contributed by atoms with Crippen molar-refractivity contribution in [2.45, 2.75) is 43.7 Å². The molecule has 1 saturated carbocycles. The van der Waals surface area contributed by atoms with Gasteiger partial charge in [0.1, 0.15) is 0 Å². The molecule has 2 nitrogen and oxygen atoms in total. The van der Waals surface area contributed by atoms with Crippen molar-refractivity contribution in [3.63, 3.8) is 0 Å². The molecule has 1 aromatic rings. The molecule has 0 spiro atoms. The third-order valence-corrected chi connectivity index (χ3v) is 3.87. The molecule has 0 bridgehead atoms. The Kier molecular flexibility index (Phi) is 3.92. The smallest absolute Gasteiger partial charge is 0.248 e. The number of alkyl halides is 2. The summed E-state index contributed by atoms with van der Waals surface area (Å²) in [7, 11) is 4.01. The number of nitrogens with zero attached hydrogens (tertiary/aromatic N) is 1. The van der Waals surface area contributed by atoms with E-state index in [-0.39, 0.29) is 12.8 Å². The second kappa shape index (κ2) is 5.17. The van der Waals surface area contributed by atoms with Crippen LogP contribution in [-0.4, -0.2) is 24.9 Å². The van der Waals surface area contributed by atoms with Gasteiger partial charge in [-0.25, -0.2) is 8.78 Å². The molecular formula is C15H22F2N2. The standard InChI is InChI=1S/C15H22F2N2/c1-19(2)11-12-4-3-5-13(10-12)14(18)6-8-15(16,17)9-7-14/h3-5,10H,6-9,11,18H2,1-2H3. The van der Waals surface area contributed by atoms with Crippen molar-refractivity contribution in [1.82, 2.24) is 4.90 Å². The average Bonchev–Trinajstić information content (AvgIpc) is 2.33. The highest BCUT2D eigenvalue weighted by molar-refractivity contribution is 5.30. The molecule has 0 aromatic heterocycles. The molecular weight excluding hydrogens is 246 g/mol. The van der Waals surface area contributed by atoms with E-state index in [1.54, 1.807) is 0 Å². The molecule has 106 valence electrons. The SMILES string of the molecule is CN(C)Cc1cccc(C2(N)CCC(F)(F)CC2)c1. The van der Waals surface area contributed by atoms with Gasteiger partial charge in [0.05, 0.1) is 0 Å². The molecule has 0 saturated heterocycles. The average molecular weight is 268 g/mol. The van der Waals surface area contributed by atoms with Crippen LogP contribution in [0.15, 0.2) is 24.3 Å². The van der Waals surface area contributed by atoms with Gasteiger partial charge < -0.3 is 10.6 Å². The highest BCUT2D eigenvalue weighted by atomic mass is 19.3. The molecule has 1 fully saturated rings. The van der Waals surface area contributed by atoms with Crippen LogP contribution in [-0.2, 0) is 12.1 Å². The van der Waals surface area contributed by atoms with Crippen molar-refractivity contribution in [2.75, 3.05) is 14.1 Å². The molecule has 1 aliphatic rings. The Balaban J connectivity index is 2.17. The van der Waals surface area contributed by atoms with E-state index in [0.29, 0.717) is 12.8 Å². The predicted octanol–water partition coefficient (Wildman–Crippen LogP) is 3.11. The molecule has 2 N–H and O–H groups in total. The van der Waals surface area contributed by atoms with Gasteiger partial charge >= 0.3 is 0 Å². The highest BCUT2D eigenvalue weighted by Crippen LogP contribution is 2.42. The summed E-state index contributed by atoms with van der Waals surface area (Å²) in [6.07, 6.45) is 0.486. The second-order valence-corrected chi connectivity index (χ2v) is 5.95. The van der Waals surface area contributed by atoms with Crippen LogP contribution in [0.25, 0.3) is 0 Å². The number of nitrogens with two attached hydrogens (primary N) is 1. The summed E-state index contributed by atoms with van der Waals surface area (Å²) in [4.78, 5) is 2.08. The number of halogens is 2. The van der Waals surface area contributed by atoms with Gasteiger partial charge in [-0.1, -0.05) is 24.3 Å². The molecule has 19 heavy (non-hydrogen) atoms. The van der Waals surface area contributed by atoms with Gasteiger partial charge in [-0.2, -0.15) is 0 Å². The first-order valence-electron chi connectivity index (χ1n) is 6.72. The second-order valence-electron chi connectivity index (χ2n) is 5.95. The topological polar surface area (TPSA) is 29.3 Å². The number of rotatable bonds is 3. The Bertz CT molecular complexity index is 434. The van der Waals surface area contributed by atoms with Gasteiger partial charge in [0.25, 0.3) is 0 Å². The maximum absolute atomic E-state index is 13.3. The van der Waals surface area contributed by atoms with E-state index in [4.69, 9.17) is 5.73 Å². The normalized spacial score (nSPS) is 21.6. The van der Waals surface area contributed by atoms with Crippen LogP contribution in [0.2, 0.25) is 0 Å². The Labute approximate surface area is 113 Å². The Hall–Kier alpha value is -1.00. The Morgan fingerprint density at radius 3 is 2.37 bits per heavy atom. The summed E-state index contributed by atoms with van der Waals surface area (Å²) in [5.41, 5.74) is 7.92. The van der Waals surface area contributed by atoms with Crippen LogP contribution >= 0.6 is 0 Å².